The molecule has 0 atom stereocenters. The van der Waals surface area contributed by atoms with Crippen LogP contribution in [-0.4, -0.2) is 46.4 Å². The zero-order valence-corrected chi connectivity index (χ0v) is 15.5. The normalized spacial score (nSPS) is 16.1. The van der Waals surface area contributed by atoms with E-state index in [4.69, 9.17) is 9.47 Å². The van der Waals surface area contributed by atoms with Crippen LogP contribution < -0.4 is 4.74 Å². The summed E-state index contributed by atoms with van der Waals surface area (Å²) in [7, 11) is 1.39. The maximum absolute atomic E-state index is 14.7. The largest absolute Gasteiger partial charge is 0.494 e. The van der Waals surface area contributed by atoms with Gasteiger partial charge >= 0.3 is 6.09 Å². The third-order valence-corrected chi connectivity index (χ3v) is 4.77. The molecule has 1 aromatic carbocycles. The molecule has 0 saturated carbocycles. The van der Waals surface area contributed by atoms with Crippen molar-refractivity contribution in [1.82, 2.24) is 9.47 Å². The molecule has 2 aliphatic rings. The van der Waals surface area contributed by atoms with Gasteiger partial charge in [0.15, 0.2) is 5.75 Å². The van der Waals surface area contributed by atoms with Crippen molar-refractivity contribution in [2.45, 2.75) is 39.5 Å². The van der Waals surface area contributed by atoms with Crippen molar-refractivity contribution in [3.8, 4) is 5.75 Å². The number of ether oxygens (including phenoxy) is 2. The molecule has 2 bridgehead atoms. The Morgan fingerprint density at radius 2 is 1.89 bits per heavy atom. The number of carbonyl (C=O) groups excluding carboxylic acids is 3. The second kappa shape index (κ2) is 5.55. The molecule has 2 heterocycles. The van der Waals surface area contributed by atoms with Crippen molar-refractivity contribution in [3.05, 3.63) is 28.7 Å². The van der Waals surface area contributed by atoms with E-state index < -0.39 is 29.1 Å². The molecule has 1 aliphatic carbocycles. The van der Waals surface area contributed by atoms with E-state index >= 15 is 0 Å². The number of hydrogen-bond acceptors (Lipinski definition) is 5. The molecule has 0 fully saturated rings. The summed E-state index contributed by atoms with van der Waals surface area (Å²) >= 11 is 0. The lowest BCUT2D eigenvalue weighted by molar-refractivity contribution is 0.0232. The Morgan fingerprint density at radius 1 is 1.19 bits per heavy atom. The highest BCUT2D eigenvalue weighted by Crippen LogP contribution is 2.44. The van der Waals surface area contributed by atoms with Gasteiger partial charge in [0, 0.05) is 13.1 Å². The summed E-state index contributed by atoms with van der Waals surface area (Å²) in [6.07, 6.45) is -0.515. The first-order valence-electron chi connectivity index (χ1n) is 8.62. The molecule has 1 amide bonds. The molecule has 1 aliphatic heterocycles. The van der Waals surface area contributed by atoms with E-state index in [1.54, 1.807) is 25.3 Å². The van der Waals surface area contributed by atoms with Crippen LogP contribution in [0.2, 0.25) is 0 Å². The molecule has 142 valence electrons. The Balaban J connectivity index is 1.90. The van der Waals surface area contributed by atoms with E-state index in [1.165, 1.54) is 18.1 Å². The minimum Gasteiger partial charge on any atom is -0.494 e. The second-order valence-corrected chi connectivity index (χ2v) is 7.71. The van der Waals surface area contributed by atoms with Crippen LogP contribution in [0, 0.1) is 5.82 Å². The SMILES string of the molecule is COc1c2n3c4c(cc(F)c(c14)C(=O)C2=O)CN(C(=O)OC(C)(C)C)CC3. The van der Waals surface area contributed by atoms with Gasteiger partial charge in [0.25, 0.3) is 5.78 Å². The summed E-state index contributed by atoms with van der Waals surface area (Å²) in [6, 6.07) is 1.22. The smallest absolute Gasteiger partial charge is 0.410 e. The summed E-state index contributed by atoms with van der Waals surface area (Å²) in [5.74, 6) is -2.23. The summed E-state index contributed by atoms with van der Waals surface area (Å²) in [6.45, 7) is 5.93. The van der Waals surface area contributed by atoms with Crippen LogP contribution in [0.5, 0.6) is 5.75 Å². The number of fused-ring (bicyclic) bond motifs is 2. The highest BCUT2D eigenvalue weighted by molar-refractivity contribution is 6.54. The predicted molar refractivity (Wildman–Crippen MR) is 93.8 cm³/mol. The number of ketones is 2. The van der Waals surface area contributed by atoms with Crippen molar-refractivity contribution in [2.75, 3.05) is 13.7 Å². The first-order valence-corrected chi connectivity index (χ1v) is 8.62. The van der Waals surface area contributed by atoms with Crippen LogP contribution in [0.15, 0.2) is 6.07 Å². The molecule has 0 N–H and O–H groups in total. The van der Waals surface area contributed by atoms with E-state index in [1.807, 2.05) is 0 Å². The van der Waals surface area contributed by atoms with E-state index in [9.17, 15) is 18.8 Å². The van der Waals surface area contributed by atoms with Crippen molar-refractivity contribution in [1.29, 1.82) is 0 Å². The van der Waals surface area contributed by atoms with Crippen molar-refractivity contribution < 1.29 is 28.2 Å². The molecule has 27 heavy (non-hydrogen) atoms. The van der Waals surface area contributed by atoms with Crippen LogP contribution in [0.25, 0.3) is 10.9 Å². The van der Waals surface area contributed by atoms with Crippen LogP contribution >= 0.6 is 0 Å². The highest BCUT2D eigenvalue weighted by Gasteiger charge is 2.41. The molecule has 0 spiro atoms. The molecular formula is C19H19FN2O5. The Bertz CT molecular complexity index is 1030. The Labute approximate surface area is 154 Å². The maximum Gasteiger partial charge on any atom is 0.410 e. The molecule has 2 aromatic rings. The van der Waals surface area contributed by atoms with Gasteiger partial charge in [-0.05, 0) is 32.4 Å². The van der Waals surface area contributed by atoms with Crippen molar-refractivity contribution in [3.63, 3.8) is 0 Å². The number of Topliss-reactive ketones (excluding diaryl/α,β-unsaturated/α-hetero) is 2. The van der Waals surface area contributed by atoms with Gasteiger partial charge in [0.05, 0.1) is 30.1 Å². The van der Waals surface area contributed by atoms with Crippen LogP contribution in [0.4, 0.5) is 9.18 Å². The fourth-order valence-electron chi connectivity index (χ4n) is 3.77. The third-order valence-electron chi connectivity index (χ3n) is 4.77. The van der Waals surface area contributed by atoms with Crippen LogP contribution in [-0.2, 0) is 17.8 Å². The second-order valence-electron chi connectivity index (χ2n) is 7.71. The molecule has 4 rings (SSSR count). The number of hydrogen-bond donors (Lipinski definition) is 0. The lowest BCUT2D eigenvalue weighted by Gasteiger charge is -2.26. The average molecular weight is 374 g/mol. The Hall–Kier alpha value is -2.90. The summed E-state index contributed by atoms with van der Waals surface area (Å²) < 4.78 is 27.2. The number of aromatic nitrogens is 1. The molecule has 0 radical (unpaired) electrons. The highest BCUT2D eigenvalue weighted by atomic mass is 19.1. The van der Waals surface area contributed by atoms with E-state index in [0.29, 0.717) is 16.5 Å². The van der Waals surface area contributed by atoms with Gasteiger partial charge in [0.1, 0.15) is 17.1 Å². The monoisotopic (exact) mass is 374 g/mol. The minimum absolute atomic E-state index is 0.109. The molecule has 0 saturated heterocycles. The average Bonchev–Trinajstić information content (AvgIpc) is 2.71. The first-order chi connectivity index (χ1) is 12.6. The van der Waals surface area contributed by atoms with Gasteiger partial charge in [-0.3, -0.25) is 9.59 Å². The summed E-state index contributed by atoms with van der Waals surface area (Å²) in [4.78, 5) is 38.9. The maximum atomic E-state index is 14.7. The van der Waals surface area contributed by atoms with Gasteiger partial charge < -0.3 is 18.9 Å². The standard InChI is InChI=1S/C19H19FN2O5/c1-19(2,3)27-18(25)21-5-6-22-13-9(8-21)7-10(20)11-12(13)17(26-4)14(22)16(24)15(11)23/h7H,5-6,8H2,1-4H3. The number of amides is 1. The third kappa shape index (κ3) is 2.43. The van der Waals surface area contributed by atoms with E-state index in [-0.39, 0.29) is 36.6 Å². The summed E-state index contributed by atoms with van der Waals surface area (Å²) in [5.41, 5.74) is 0.256. The topological polar surface area (TPSA) is 77.8 Å². The van der Waals surface area contributed by atoms with Gasteiger partial charge in [-0.1, -0.05) is 0 Å². The zero-order valence-electron chi connectivity index (χ0n) is 15.5. The van der Waals surface area contributed by atoms with Gasteiger partial charge in [0.2, 0.25) is 5.78 Å². The van der Waals surface area contributed by atoms with E-state index in [2.05, 4.69) is 0 Å². The lowest BCUT2D eigenvalue weighted by Crippen LogP contribution is -2.37. The quantitative estimate of drug-likeness (QED) is 0.717. The van der Waals surface area contributed by atoms with E-state index in [0.717, 1.165) is 0 Å². The van der Waals surface area contributed by atoms with Crippen molar-refractivity contribution in [2.24, 2.45) is 0 Å². The number of rotatable bonds is 1. The Morgan fingerprint density at radius 3 is 2.52 bits per heavy atom. The number of nitrogens with zero attached hydrogens (tertiary/aromatic N) is 2. The lowest BCUT2D eigenvalue weighted by atomic mass is 9.94. The minimum atomic E-state index is -0.863. The van der Waals surface area contributed by atoms with Crippen LogP contribution in [0.3, 0.4) is 0 Å². The van der Waals surface area contributed by atoms with Crippen LogP contribution in [0.1, 0.15) is 47.2 Å². The van der Waals surface area contributed by atoms with Gasteiger partial charge in [-0.15, -0.1) is 0 Å². The Kier molecular flexibility index (Phi) is 3.60. The van der Waals surface area contributed by atoms with Crippen molar-refractivity contribution >= 4 is 28.6 Å². The fourth-order valence-corrected chi connectivity index (χ4v) is 3.77. The molecule has 7 nitrogen and oxygen atoms in total. The fraction of sp³-hybridized carbons (Fsp3) is 0.421. The summed E-state index contributed by atoms with van der Waals surface area (Å²) in [5, 5.41) is 0.304. The number of methoxy groups -OCH3 is 1. The predicted octanol–water partition coefficient (Wildman–Crippen LogP) is 2.92. The number of carbonyl (C=O) groups is 3. The first kappa shape index (κ1) is 17.5. The molecule has 1 aromatic heterocycles. The number of halogens is 1. The zero-order chi connectivity index (χ0) is 19.7. The van der Waals surface area contributed by atoms with Gasteiger partial charge in [-0.2, -0.15) is 0 Å². The molecule has 8 heteroatoms. The number of benzene rings is 1. The molecule has 0 unspecified atom stereocenters. The van der Waals surface area contributed by atoms with Gasteiger partial charge in [-0.25, -0.2) is 9.18 Å². The molecular weight excluding hydrogens is 355 g/mol.